The Bertz CT molecular complexity index is 1020. The number of hydrogen-bond donors (Lipinski definition) is 1. The maximum atomic E-state index is 13.2. The maximum absolute atomic E-state index is 13.2. The molecule has 156 valence electrons. The minimum absolute atomic E-state index is 0.0971. The monoisotopic (exact) mass is 410 g/mol. The SMILES string of the molecule is COc1ccc(NC(=O)C2C3C(=O)N(Cc4ccco4)CC34C=C[C@H]2O4)c(OC)c1. The number of anilines is 1. The van der Waals surface area contributed by atoms with Gasteiger partial charge in [-0.15, -0.1) is 0 Å². The molecule has 2 fully saturated rings. The largest absolute Gasteiger partial charge is 0.497 e. The van der Waals surface area contributed by atoms with E-state index in [0.29, 0.717) is 36.0 Å². The summed E-state index contributed by atoms with van der Waals surface area (Å²) in [7, 11) is 3.08. The zero-order chi connectivity index (χ0) is 20.9. The molecule has 1 spiro atoms. The number of nitrogens with one attached hydrogen (secondary N) is 1. The molecule has 2 bridgehead atoms. The van der Waals surface area contributed by atoms with Gasteiger partial charge in [0.25, 0.3) is 0 Å². The Kier molecular flexibility index (Phi) is 4.32. The van der Waals surface area contributed by atoms with E-state index in [9.17, 15) is 9.59 Å². The van der Waals surface area contributed by atoms with Gasteiger partial charge in [-0.05, 0) is 24.3 Å². The van der Waals surface area contributed by atoms with Crippen molar-refractivity contribution in [3.8, 4) is 11.5 Å². The lowest BCUT2D eigenvalue weighted by molar-refractivity contribution is -0.136. The summed E-state index contributed by atoms with van der Waals surface area (Å²) in [6.07, 6.45) is 4.97. The lowest BCUT2D eigenvalue weighted by atomic mass is 9.76. The van der Waals surface area contributed by atoms with E-state index in [0.717, 1.165) is 0 Å². The number of rotatable bonds is 6. The van der Waals surface area contributed by atoms with Crippen molar-refractivity contribution in [2.45, 2.75) is 18.2 Å². The van der Waals surface area contributed by atoms with Crippen LogP contribution in [-0.2, 0) is 20.9 Å². The maximum Gasteiger partial charge on any atom is 0.231 e. The molecule has 3 aliphatic rings. The number of carbonyl (C=O) groups is 2. The highest BCUT2D eigenvalue weighted by Gasteiger charge is 2.66. The van der Waals surface area contributed by atoms with Gasteiger partial charge in [0.1, 0.15) is 22.9 Å². The summed E-state index contributed by atoms with van der Waals surface area (Å²) in [5.74, 6) is 0.251. The number of fused-ring (bicyclic) bond motifs is 1. The number of nitrogens with zero attached hydrogens (tertiary/aromatic N) is 1. The molecule has 3 aliphatic heterocycles. The molecule has 0 radical (unpaired) electrons. The Morgan fingerprint density at radius 1 is 1.30 bits per heavy atom. The molecule has 2 amide bonds. The number of amides is 2. The molecule has 4 atom stereocenters. The lowest BCUT2D eigenvalue weighted by Crippen LogP contribution is -2.41. The third-order valence-corrected chi connectivity index (χ3v) is 6.07. The average molecular weight is 410 g/mol. The summed E-state index contributed by atoms with van der Waals surface area (Å²) in [5.41, 5.74) is -0.248. The molecular formula is C22H22N2O6. The highest BCUT2D eigenvalue weighted by molar-refractivity contribution is 6.00. The van der Waals surface area contributed by atoms with Crippen LogP contribution in [0.1, 0.15) is 5.76 Å². The van der Waals surface area contributed by atoms with Crippen LogP contribution in [0.3, 0.4) is 0 Å². The fraction of sp³-hybridized carbons (Fsp3) is 0.364. The van der Waals surface area contributed by atoms with Gasteiger partial charge in [-0.2, -0.15) is 0 Å². The van der Waals surface area contributed by atoms with Crippen molar-refractivity contribution in [3.63, 3.8) is 0 Å². The Labute approximate surface area is 173 Å². The zero-order valence-electron chi connectivity index (χ0n) is 16.7. The van der Waals surface area contributed by atoms with E-state index in [4.69, 9.17) is 18.6 Å². The molecule has 0 saturated carbocycles. The zero-order valence-corrected chi connectivity index (χ0v) is 16.7. The number of ether oxygens (including phenoxy) is 3. The van der Waals surface area contributed by atoms with Crippen LogP contribution in [0, 0.1) is 11.8 Å². The Morgan fingerprint density at radius 2 is 2.17 bits per heavy atom. The molecule has 2 saturated heterocycles. The average Bonchev–Trinajstić information content (AvgIpc) is 3.52. The summed E-state index contributed by atoms with van der Waals surface area (Å²) >= 11 is 0. The van der Waals surface area contributed by atoms with Crippen LogP contribution in [0.15, 0.2) is 53.2 Å². The first-order chi connectivity index (χ1) is 14.5. The molecule has 1 N–H and O–H groups in total. The number of likely N-dealkylation sites (tertiary alicyclic amines) is 1. The van der Waals surface area contributed by atoms with Crippen LogP contribution in [0.4, 0.5) is 5.69 Å². The molecule has 5 rings (SSSR count). The standard InChI is InChI=1S/C22H22N2O6/c1-27-13-5-6-15(17(10-13)28-2)23-20(25)18-16-7-8-22(30-16)12-24(21(26)19(18)22)11-14-4-3-9-29-14/h3-10,16,18-19H,11-12H2,1-2H3,(H,23,25)/t16-,18?,19?,22?/m1/s1. The molecule has 30 heavy (non-hydrogen) atoms. The molecular weight excluding hydrogens is 388 g/mol. The molecule has 8 heteroatoms. The summed E-state index contributed by atoms with van der Waals surface area (Å²) < 4.78 is 22.1. The third kappa shape index (κ3) is 2.79. The molecule has 1 aromatic carbocycles. The Hall–Kier alpha value is -3.26. The lowest BCUT2D eigenvalue weighted by Gasteiger charge is -2.24. The van der Waals surface area contributed by atoms with Crippen LogP contribution in [0.5, 0.6) is 11.5 Å². The normalized spacial score (nSPS) is 28.7. The van der Waals surface area contributed by atoms with E-state index in [1.54, 1.807) is 42.5 Å². The van der Waals surface area contributed by atoms with Gasteiger partial charge in [-0.1, -0.05) is 12.2 Å². The summed E-state index contributed by atoms with van der Waals surface area (Å²) in [5, 5.41) is 2.91. The predicted octanol–water partition coefficient (Wildman–Crippen LogP) is 2.22. The van der Waals surface area contributed by atoms with E-state index in [-0.39, 0.29) is 11.8 Å². The molecule has 0 aliphatic carbocycles. The smallest absolute Gasteiger partial charge is 0.231 e. The highest BCUT2D eigenvalue weighted by atomic mass is 16.5. The van der Waals surface area contributed by atoms with E-state index in [1.165, 1.54) is 7.11 Å². The molecule has 2 aromatic rings. The minimum Gasteiger partial charge on any atom is -0.497 e. The summed E-state index contributed by atoms with van der Waals surface area (Å²) in [6, 6.07) is 8.76. The van der Waals surface area contributed by atoms with Gasteiger partial charge in [0.2, 0.25) is 11.8 Å². The summed E-state index contributed by atoms with van der Waals surface area (Å²) in [6.45, 7) is 0.756. The van der Waals surface area contributed by atoms with E-state index >= 15 is 0 Å². The van der Waals surface area contributed by atoms with Gasteiger partial charge in [0, 0.05) is 6.07 Å². The van der Waals surface area contributed by atoms with Crippen LogP contribution in [0.25, 0.3) is 0 Å². The third-order valence-electron chi connectivity index (χ3n) is 6.07. The van der Waals surface area contributed by atoms with E-state index < -0.39 is 23.5 Å². The number of furan rings is 1. The highest BCUT2D eigenvalue weighted by Crippen LogP contribution is 2.52. The van der Waals surface area contributed by atoms with Crippen molar-refractivity contribution in [2.75, 3.05) is 26.1 Å². The van der Waals surface area contributed by atoms with E-state index in [1.807, 2.05) is 18.2 Å². The van der Waals surface area contributed by atoms with Crippen molar-refractivity contribution < 1.29 is 28.2 Å². The van der Waals surface area contributed by atoms with Gasteiger partial charge in [0.05, 0.1) is 57.2 Å². The van der Waals surface area contributed by atoms with Gasteiger partial charge in [-0.3, -0.25) is 9.59 Å². The molecule has 4 heterocycles. The molecule has 3 unspecified atom stereocenters. The van der Waals surface area contributed by atoms with Crippen molar-refractivity contribution in [1.82, 2.24) is 4.90 Å². The first-order valence-electron chi connectivity index (χ1n) is 9.76. The summed E-state index contributed by atoms with van der Waals surface area (Å²) in [4.78, 5) is 28.2. The number of benzene rings is 1. The van der Waals surface area contributed by atoms with Crippen molar-refractivity contribution >= 4 is 17.5 Å². The van der Waals surface area contributed by atoms with Crippen LogP contribution >= 0.6 is 0 Å². The second-order valence-corrected chi connectivity index (χ2v) is 7.73. The van der Waals surface area contributed by atoms with Crippen molar-refractivity contribution in [1.29, 1.82) is 0 Å². The quantitative estimate of drug-likeness (QED) is 0.735. The van der Waals surface area contributed by atoms with Gasteiger partial charge >= 0.3 is 0 Å². The number of hydrogen-bond acceptors (Lipinski definition) is 6. The van der Waals surface area contributed by atoms with Gasteiger partial charge in [-0.25, -0.2) is 0 Å². The first-order valence-corrected chi connectivity index (χ1v) is 9.76. The Balaban J connectivity index is 1.38. The van der Waals surface area contributed by atoms with Crippen molar-refractivity contribution in [3.05, 3.63) is 54.5 Å². The number of carbonyl (C=O) groups excluding carboxylic acids is 2. The topological polar surface area (TPSA) is 90.2 Å². The van der Waals surface area contributed by atoms with Crippen LogP contribution in [-0.4, -0.2) is 49.2 Å². The molecule has 8 nitrogen and oxygen atoms in total. The second kappa shape index (κ2) is 6.91. The van der Waals surface area contributed by atoms with Gasteiger partial charge in [0.15, 0.2) is 0 Å². The van der Waals surface area contributed by atoms with Crippen LogP contribution < -0.4 is 14.8 Å². The first kappa shape index (κ1) is 18.7. The van der Waals surface area contributed by atoms with Crippen molar-refractivity contribution in [2.24, 2.45) is 11.8 Å². The predicted molar refractivity (Wildman–Crippen MR) is 106 cm³/mol. The minimum atomic E-state index is -0.764. The van der Waals surface area contributed by atoms with Gasteiger partial charge < -0.3 is 28.8 Å². The molecule has 1 aromatic heterocycles. The van der Waals surface area contributed by atoms with Crippen LogP contribution in [0.2, 0.25) is 0 Å². The fourth-order valence-electron chi connectivity index (χ4n) is 4.72. The number of methoxy groups -OCH3 is 2. The fourth-order valence-corrected chi connectivity index (χ4v) is 4.72. The second-order valence-electron chi connectivity index (χ2n) is 7.73. The Morgan fingerprint density at radius 3 is 2.90 bits per heavy atom. The van der Waals surface area contributed by atoms with E-state index in [2.05, 4.69) is 5.32 Å².